The number of hydrogen-bond donors (Lipinski definition) is 2. The number of thiophene rings is 1. The highest BCUT2D eigenvalue weighted by molar-refractivity contribution is 7.12. The second kappa shape index (κ2) is 7.40. The third-order valence-corrected chi connectivity index (χ3v) is 4.16. The average Bonchev–Trinajstić information content (AvgIpc) is 2.74. The first-order valence-electron chi connectivity index (χ1n) is 6.52. The van der Waals surface area contributed by atoms with E-state index in [1.807, 2.05) is 26.0 Å². The molecule has 0 aromatic carbocycles. The fraction of sp³-hybridized carbons (Fsp3) is 0.692. The van der Waals surface area contributed by atoms with Gasteiger partial charge in [-0.05, 0) is 25.5 Å². The summed E-state index contributed by atoms with van der Waals surface area (Å²) in [4.78, 5) is 3.07. The summed E-state index contributed by atoms with van der Waals surface area (Å²) >= 11 is 1.45. The highest BCUT2D eigenvalue weighted by Crippen LogP contribution is 2.32. The van der Waals surface area contributed by atoms with Crippen molar-refractivity contribution in [2.24, 2.45) is 5.73 Å². The number of hydrogen-bond acceptors (Lipinski definition) is 4. The number of nitrogens with zero attached hydrogens (tertiary/aromatic N) is 1. The van der Waals surface area contributed by atoms with Crippen LogP contribution < -0.4 is 5.73 Å². The number of rotatable bonds is 7. The quantitative estimate of drug-likeness (QED) is 0.814. The molecule has 0 aliphatic heterocycles. The maximum Gasteiger partial charge on any atom is 0.401 e. The summed E-state index contributed by atoms with van der Waals surface area (Å²) < 4.78 is 38.2. The Kier molecular flexibility index (Phi) is 6.44. The topological polar surface area (TPSA) is 49.5 Å². The molecule has 0 bridgehead atoms. The molecule has 0 spiro atoms. The van der Waals surface area contributed by atoms with Crippen molar-refractivity contribution < 1.29 is 18.3 Å². The smallest absolute Gasteiger partial charge is 0.395 e. The maximum absolute atomic E-state index is 12.7. The van der Waals surface area contributed by atoms with Crippen LogP contribution in [0.3, 0.4) is 0 Å². The van der Waals surface area contributed by atoms with Crippen LogP contribution in [-0.2, 0) is 0 Å². The lowest BCUT2D eigenvalue weighted by molar-refractivity contribution is -0.153. The number of alkyl halides is 3. The molecule has 2 atom stereocenters. The minimum absolute atomic E-state index is 0.0468. The Balaban J connectivity index is 3.04. The molecule has 3 nitrogen and oxygen atoms in total. The summed E-state index contributed by atoms with van der Waals surface area (Å²) in [7, 11) is 0. The van der Waals surface area contributed by atoms with E-state index in [2.05, 4.69) is 0 Å². The Morgan fingerprint density at radius 1 is 1.40 bits per heavy atom. The van der Waals surface area contributed by atoms with Crippen molar-refractivity contribution in [3.63, 3.8) is 0 Å². The molecule has 3 N–H and O–H groups in total. The number of aliphatic hydroxyl groups excluding tert-OH is 1. The van der Waals surface area contributed by atoms with Crippen molar-refractivity contribution in [1.29, 1.82) is 0 Å². The van der Waals surface area contributed by atoms with Crippen molar-refractivity contribution in [2.75, 3.05) is 19.7 Å². The minimum Gasteiger partial charge on any atom is -0.395 e. The molecule has 0 fully saturated rings. The maximum atomic E-state index is 12.7. The van der Waals surface area contributed by atoms with E-state index >= 15 is 0 Å². The summed E-state index contributed by atoms with van der Waals surface area (Å²) in [6.45, 7) is 2.32. The Bertz CT molecular complexity index is 409. The van der Waals surface area contributed by atoms with Crippen molar-refractivity contribution in [3.05, 3.63) is 21.9 Å². The highest BCUT2D eigenvalue weighted by Gasteiger charge is 2.36. The molecule has 1 aromatic heterocycles. The van der Waals surface area contributed by atoms with Crippen LogP contribution in [0.2, 0.25) is 0 Å². The third kappa shape index (κ3) is 5.05. The standard InChI is InChI=1S/C13H21F3N2OS/c1-3-10(17)12(11-5-4-9(2)20-11)18(6-7-19)8-13(14,15)16/h4-5,10,12,19H,3,6-8,17H2,1-2H3. The SMILES string of the molecule is CCC(N)C(c1ccc(C)s1)N(CCO)CC(F)(F)F. The van der Waals surface area contributed by atoms with Crippen molar-refractivity contribution in [3.8, 4) is 0 Å². The van der Waals surface area contributed by atoms with E-state index in [4.69, 9.17) is 10.8 Å². The van der Waals surface area contributed by atoms with E-state index in [0.717, 1.165) is 9.75 Å². The molecule has 0 radical (unpaired) electrons. The molecule has 7 heteroatoms. The van der Waals surface area contributed by atoms with Crippen LogP contribution in [0.5, 0.6) is 0 Å². The minimum atomic E-state index is -4.31. The first-order valence-corrected chi connectivity index (χ1v) is 7.33. The van der Waals surface area contributed by atoms with Crippen LogP contribution in [-0.4, -0.2) is 41.9 Å². The van der Waals surface area contributed by atoms with E-state index in [0.29, 0.717) is 6.42 Å². The zero-order valence-corrected chi connectivity index (χ0v) is 12.5. The van der Waals surface area contributed by atoms with Crippen LogP contribution in [0.1, 0.15) is 29.1 Å². The van der Waals surface area contributed by atoms with Gasteiger partial charge in [0.15, 0.2) is 0 Å². The van der Waals surface area contributed by atoms with Gasteiger partial charge in [0, 0.05) is 22.3 Å². The molecule has 1 heterocycles. The van der Waals surface area contributed by atoms with E-state index in [9.17, 15) is 13.2 Å². The Hall–Kier alpha value is -0.630. The molecule has 1 aromatic rings. The molecule has 2 unspecified atom stereocenters. The monoisotopic (exact) mass is 310 g/mol. The van der Waals surface area contributed by atoms with Crippen molar-refractivity contribution >= 4 is 11.3 Å². The molecule has 0 aliphatic carbocycles. The molecule has 0 amide bonds. The van der Waals surface area contributed by atoms with E-state index in [1.54, 1.807) is 0 Å². The molecule has 0 saturated heterocycles. The first-order chi connectivity index (χ1) is 9.28. The van der Waals surface area contributed by atoms with Crippen molar-refractivity contribution in [1.82, 2.24) is 4.90 Å². The van der Waals surface area contributed by atoms with Gasteiger partial charge >= 0.3 is 6.18 Å². The predicted octanol–water partition coefficient (Wildman–Crippen LogP) is 2.69. The van der Waals surface area contributed by atoms with Gasteiger partial charge in [0.25, 0.3) is 0 Å². The molecule has 0 aliphatic rings. The lowest BCUT2D eigenvalue weighted by Gasteiger charge is -2.34. The van der Waals surface area contributed by atoms with E-state index < -0.39 is 24.8 Å². The summed E-state index contributed by atoms with van der Waals surface area (Å²) in [6, 6.07) is 2.77. The average molecular weight is 310 g/mol. The molecule has 1 rings (SSSR count). The fourth-order valence-electron chi connectivity index (χ4n) is 2.17. The number of aryl methyl sites for hydroxylation is 1. The van der Waals surface area contributed by atoms with Gasteiger partial charge in [-0.1, -0.05) is 6.92 Å². The van der Waals surface area contributed by atoms with Gasteiger partial charge in [-0.15, -0.1) is 11.3 Å². The van der Waals surface area contributed by atoms with Crippen molar-refractivity contribution in [2.45, 2.75) is 38.5 Å². The zero-order chi connectivity index (χ0) is 15.3. The predicted molar refractivity (Wildman–Crippen MR) is 74.8 cm³/mol. The summed E-state index contributed by atoms with van der Waals surface area (Å²) in [5.41, 5.74) is 6.02. The van der Waals surface area contributed by atoms with Crippen LogP contribution in [0.15, 0.2) is 12.1 Å². The van der Waals surface area contributed by atoms with Crippen LogP contribution >= 0.6 is 11.3 Å². The Morgan fingerprint density at radius 3 is 2.45 bits per heavy atom. The Morgan fingerprint density at radius 2 is 2.05 bits per heavy atom. The zero-order valence-electron chi connectivity index (χ0n) is 11.7. The largest absolute Gasteiger partial charge is 0.401 e. The van der Waals surface area contributed by atoms with Crippen LogP contribution in [0, 0.1) is 6.92 Å². The van der Waals surface area contributed by atoms with E-state index in [-0.39, 0.29) is 13.2 Å². The van der Waals surface area contributed by atoms with Crippen LogP contribution in [0.4, 0.5) is 13.2 Å². The number of halogens is 3. The molecule has 116 valence electrons. The van der Waals surface area contributed by atoms with Gasteiger partial charge in [0.1, 0.15) is 0 Å². The second-order valence-electron chi connectivity index (χ2n) is 4.77. The Labute approximate surface area is 121 Å². The lowest BCUT2D eigenvalue weighted by atomic mass is 10.0. The highest BCUT2D eigenvalue weighted by atomic mass is 32.1. The van der Waals surface area contributed by atoms with Gasteiger partial charge < -0.3 is 10.8 Å². The molecule has 20 heavy (non-hydrogen) atoms. The van der Waals surface area contributed by atoms with Gasteiger partial charge in [-0.3, -0.25) is 4.90 Å². The molecular formula is C13H21F3N2OS. The normalized spacial score (nSPS) is 15.6. The second-order valence-corrected chi connectivity index (χ2v) is 6.09. The fourth-order valence-corrected chi connectivity index (χ4v) is 3.26. The summed E-state index contributed by atoms with van der Waals surface area (Å²) in [5, 5.41) is 9.04. The third-order valence-electron chi connectivity index (χ3n) is 3.09. The molecular weight excluding hydrogens is 289 g/mol. The lowest BCUT2D eigenvalue weighted by Crippen LogP contribution is -2.45. The molecule has 0 saturated carbocycles. The van der Waals surface area contributed by atoms with Gasteiger partial charge in [0.2, 0.25) is 0 Å². The number of nitrogens with two attached hydrogens (primary N) is 1. The summed E-state index contributed by atoms with van der Waals surface area (Å²) in [5.74, 6) is 0. The summed E-state index contributed by atoms with van der Waals surface area (Å²) in [6.07, 6.45) is -3.74. The van der Waals surface area contributed by atoms with Gasteiger partial charge in [0.05, 0.1) is 19.2 Å². The van der Waals surface area contributed by atoms with E-state index in [1.165, 1.54) is 16.2 Å². The van der Waals surface area contributed by atoms with Gasteiger partial charge in [-0.25, -0.2) is 0 Å². The van der Waals surface area contributed by atoms with Gasteiger partial charge in [-0.2, -0.15) is 13.2 Å². The van der Waals surface area contributed by atoms with Crippen LogP contribution in [0.25, 0.3) is 0 Å². The first kappa shape index (κ1) is 17.4. The number of aliphatic hydroxyl groups is 1.